The lowest BCUT2D eigenvalue weighted by Crippen LogP contribution is -2.24. The maximum atomic E-state index is 12.7. The Hall–Kier alpha value is -1.61. The van der Waals surface area contributed by atoms with Gasteiger partial charge in [0.2, 0.25) is 5.78 Å². The molecular weight excluding hydrogens is 280 g/mol. The van der Waals surface area contributed by atoms with Gasteiger partial charge < -0.3 is 4.74 Å². The van der Waals surface area contributed by atoms with Gasteiger partial charge in [-0.25, -0.2) is 0 Å². The summed E-state index contributed by atoms with van der Waals surface area (Å²) in [5.41, 5.74) is 3.16. The van der Waals surface area contributed by atoms with Crippen LogP contribution in [0.25, 0.3) is 0 Å². The Bertz CT molecular complexity index is 718. The van der Waals surface area contributed by atoms with Gasteiger partial charge in [0, 0.05) is 16.9 Å². The number of thiophene rings is 1. The van der Waals surface area contributed by atoms with Crippen LogP contribution < -0.4 is 4.74 Å². The van der Waals surface area contributed by atoms with E-state index in [1.54, 1.807) is 11.3 Å². The molecule has 0 saturated carbocycles. The van der Waals surface area contributed by atoms with Crippen LogP contribution in [0.2, 0.25) is 0 Å². The summed E-state index contributed by atoms with van der Waals surface area (Å²) in [6.45, 7) is 4.16. The van der Waals surface area contributed by atoms with Gasteiger partial charge in [-0.05, 0) is 68.5 Å². The SMILES string of the molecule is CC1(C)Cc2cc(C(=O)c3cc4c(s3)CCC4)ccc2O1. The maximum absolute atomic E-state index is 12.7. The number of fused-ring (bicyclic) bond motifs is 2. The van der Waals surface area contributed by atoms with Crippen molar-refractivity contribution in [3.63, 3.8) is 0 Å². The van der Waals surface area contributed by atoms with Gasteiger partial charge in [0.05, 0.1) is 4.88 Å². The molecule has 1 aromatic carbocycles. The van der Waals surface area contributed by atoms with E-state index in [2.05, 4.69) is 19.9 Å². The number of hydrogen-bond donors (Lipinski definition) is 0. The summed E-state index contributed by atoms with van der Waals surface area (Å²) in [5, 5.41) is 0. The van der Waals surface area contributed by atoms with E-state index in [4.69, 9.17) is 4.74 Å². The Balaban J connectivity index is 1.66. The van der Waals surface area contributed by atoms with Crippen LogP contribution >= 0.6 is 11.3 Å². The Morgan fingerprint density at radius 3 is 2.86 bits per heavy atom. The van der Waals surface area contributed by atoms with Crippen LogP contribution in [0.4, 0.5) is 0 Å². The predicted octanol–water partition coefficient (Wildman–Crippen LogP) is 4.18. The summed E-state index contributed by atoms with van der Waals surface area (Å²) < 4.78 is 5.88. The van der Waals surface area contributed by atoms with Crippen LogP contribution in [0.5, 0.6) is 5.75 Å². The number of rotatable bonds is 2. The van der Waals surface area contributed by atoms with Crippen molar-refractivity contribution in [2.24, 2.45) is 0 Å². The molecule has 0 atom stereocenters. The summed E-state index contributed by atoms with van der Waals surface area (Å²) in [6, 6.07) is 7.95. The van der Waals surface area contributed by atoms with Crippen LogP contribution in [0, 0.1) is 0 Å². The van der Waals surface area contributed by atoms with E-state index < -0.39 is 0 Å². The number of carbonyl (C=O) groups excluding carboxylic acids is 1. The average molecular weight is 298 g/mol. The molecule has 21 heavy (non-hydrogen) atoms. The zero-order valence-electron chi connectivity index (χ0n) is 12.4. The third kappa shape index (κ3) is 2.20. The summed E-state index contributed by atoms with van der Waals surface area (Å²) in [5.74, 6) is 1.08. The molecule has 0 N–H and O–H groups in total. The van der Waals surface area contributed by atoms with Crippen molar-refractivity contribution >= 4 is 17.1 Å². The Morgan fingerprint density at radius 1 is 1.19 bits per heavy atom. The van der Waals surface area contributed by atoms with E-state index in [1.165, 1.54) is 16.9 Å². The predicted molar refractivity (Wildman–Crippen MR) is 84.6 cm³/mol. The molecule has 3 heteroatoms. The van der Waals surface area contributed by atoms with Gasteiger partial charge in [-0.1, -0.05) is 0 Å². The summed E-state index contributed by atoms with van der Waals surface area (Å²) >= 11 is 1.68. The third-order valence-corrected chi connectivity index (χ3v) is 5.53. The molecule has 4 rings (SSSR count). The summed E-state index contributed by atoms with van der Waals surface area (Å²) in [4.78, 5) is 15.0. The first-order valence-corrected chi connectivity index (χ1v) is 8.32. The average Bonchev–Trinajstić information content (AvgIpc) is 3.06. The van der Waals surface area contributed by atoms with Crippen LogP contribution in [-0.4, -0.2) is 11.4 Å². The highest BCUT2D eigenvalue weighted by molar-refractivity contribution is 7.14. The van der Waals surface area contributed by atoms with E-state index in [-0.39, 0.29) is 11.4 Å². The number of benzene rings is 1. The standard InChI is InChI=1S/C18H18O2S/c1-18(2)10-13-8-12(6-7-14(13)20-18)17(19)16-9-11-4-3-5-15(11)21-16/h6-9H,3-5,10H2,1-2H3. The topological polar surface area (TPSA) is 26.3 Å². The molecule has 0 radical (unpaired) electrons. The second-order valence-corrected chi connectivity index (χ2v) is 7.74. The van der Waals surface area contributed by atoms with Crippen molar-refractivity contribution in [3.05, 3.63) is 50.7 Å². The van der Waals surface area contributed by atoms with E-state index in [0.717, 1.165) is 41.0 Å². The Kier molecular flexibility index (Phi) is 2.77. The molecule has 1 aliphatic carbocycles. The van der Waals surface area contributed by atoms with E-state index in [0.29, 0.717) is 0 Å². The molecule has 0 amide bonds. The first kappa shape index (κ1) is 13.1. The highest BCUT2D eigenvalue weighted by atomic mass is 32.1. The van der Waals surface area contributed by atoms with Gasteiger partial charge in [-0.15, -0.1) is 11.3 Å². The van der Waals surface area contributed by atoms with E-state index in [9.17, 15) is 4.79 Å². The quantitative estimate of drug-likeness (QED) is 0.777. The van der Waals surface area contributed by atoms with Gasteiger partial charge in [-0.2, -0.15) is 0 Å². The minimum absolute atomic E-state index is 0.155. The lowest BCUT2D eigenvalue weighted by atomic mass is 9.99. The lowest BCUT2D eigenvalue weighted by Gasteiger charge is -2.16. The second-order valence-electron chi connectivity index (χ2n) is 6.60. The monoisotopic (exact) mass is 298 g/mol. The maximum Gasteiger partial charge on any atom is 0.202 e. The molecule has 1 aliphatic heterocycles. The van der Waals surface area contributed by atoms with Gasteiger partial charge in [0.1, 0.15) is 11.4 Å². The van der Waals surface area contributed by atoms with E-state index >= 15 is 0 Å². The summed E-state index contributed by atoms with van der Waals surface area (Å²) in [7, 11) is 0. The minimum Gasteiger partial charge on any atom is -0.487 e. The largest absolute Gasteiger partial charge is 0.487 e. The van der Waals surface area contributed by atoms with Gasteiger partial charge in [0.25, 0.3) is 0 Å². The fourth-order valence-electron chi connectivity index (χ4n) is 3.33. The van der Waals surface area contributed by atoms with Crippen LogP contribution in [0.3, 0.4) is 0 Å². The molecule has 0 saturated heterocycles. The zero-order valence-corrected chi connectivity index (χ0v) is 13.2. The third-order valence-electron chi connectivity index (χ3n) is 4.30. The molecule has 0 bridgehead atoms. The van der Waals surface area contributed by atoms with Crippen molar-refractivity contribution in [2.75, 3.05) is 0 Å². The van der Waals surface area contributed by atoms with Crippen molar-refractivity contribution in [1.29, 1.82) is 0 Å². The number of aryl methyl sites for hydroxylation is 2. The molecule has 2 aliphatic rings. The van der Waals surface area contributed by atoms with E-state index in [1.807, 2.05) is 18.2 Å². The molecule has 2 nitrogen and oxygen atoms in total. The molecule has 0 fully saturated rings. The van der Waals surface area contributed by atoms with Crippen LogP contribution in [-0.2, 0) is 19.3 Å². The Labute approximate surface area is 128 Å². The minimum atomic E-state index is -0.159. The smallest absolute Gasteiger partial charge is 0.202 e. The molecule has 1 aromatic heterocycles. The molecule has 2 aromatic rings. The van der Waals surface area contributed by atoms with Crippen molar-refractivity contribution in [2.45, 2.75) is 45.1 Å². The first-order valence-electron chi connectivity index (χ1n) is 7.50. The second kappa shape index (κ2) is 4.44. The van der Waals surface area contributed by atoms with Crippen LogP contribution in [0.1, 0.15) is 51.5 Å². The van der Waals surface area contributed by atoms with Crippen LogP contribution in [0.15, 0.2) is 24.3 Å². The molecule has 108 valence electrons. The van der Waals surface area contributed by atoms with Gasteiger partial charge in [-0.3, -0.25) is 4.79 Å². The van der Waals surface area contributed by atoms with Gasteiger partial charge >= 0.3 is 0 Å². The number of ketones is 1. The zero-order chi connectivity index (χ0) is 14.6. The normalized spacial score (nSPS) is 18.2. The first-order chi connectivity index (χ1) is 10.0. The lowest BCUT2D eigenvalue weighted by molar-refractivity contribution is 0.104. The summed E-state index contributed by atoms with van der Waals surface area (Å²) in [6.07, 6.45) is 4.37. The fourth-order valence-corrected chi connectivity index (χ4v) is 4.55. The molecular formula is C18H18O2S. The number of hydrogen-bond acceptors (Lipinski definition) is 3. The van der Waals surface area contributed by atoms with Crippen molar-refractivity contribution in [3.8, 4) is 5.75 Å². The molecule has 0 spiro atoms. The number of carbonyl (C=O) groups is 1. The molecule has 2 heterocycles. The van der Waals surface area contributed by atoms with Gasteiger partial charge in [0.15, 0.2) is 0 Å². The van der Waals surface area contributed by atoms with Crippen molar-refractivity contribution in [1.82, 2.24) is 0 Å². The van der Waals surface area contributed by atoms with Crippen molar-refractivity contribution < 1.29 is 9.53 Å². The fraction of sp³-hybridized carbons (Fsp3) is 0.389. The Morgan fingerprint density at radius 2 is 2.05 bits per heavy atom. The highest BCUT2D eigenvalue weighted by Gasteiger charge is 2.30. The number of ether oxygens (including phenoxy) is 1. The highest BCUT2D eigenvalue weighted by Crippen LogP contribution is 2.36. The molecule has 0 unspecified atom stereocenters.